The van der Waals surface area contributed by atoms with E-state index in [4.69, 9.17) is 4.74 Å². The molecule has 0 saturated heterocycles. The molecule has 0 bridgehead atoms. The second kappa shape index (κ2) is 6.44. The highest BCUT2D eigenvalue weighted by atomic mass is 16.5. The Kier molecular flexibility index (Phi) is 4.63. The molecule has 2 aromatic rings. The van der Waals surface area contributed by atoms with Crippen LogP contribution >= 0.6 is 0 Å². The molecular formula is C18H21NO2. The molecule has 0 saturated carbocycles. The van der Waals surface area contributed by atoms with Crippen LogP contribution in [0.2, 0.25) is 0 Å². The van der Waals surface area contributed by atoms with Crippen LogP contribution in [-0.4, -0.2) is 13.1 Å². The molecule has 110 valence electrons. The Bertz CT molecular complexity index is 662. The number of esters is 1. The van der Waals surface area contributed by atoms with Gasteiger partial charge < -0.3 is 10.1 Å². The normalized spacial score (nSPS) is 10.3. The molecule has 1 N–H and O–H groups in total. The first-order valence-corrected chi connectivity index (χ1v) is 7.01. The van der Waals surface area contributed by atoms with Gasteiger partial charge in [-0.05, 0) is 49.6 Å². The van der Waals surface area contributed by atoms with Crippen molar-refractivity contribution in [3.63, 3.8) is 0 Å². The molecule has 0 aliphatic carbocycles. The molecule has 0 amide bonds. The molecule has 0 fully saturated rings. The fraction of sp³-hybridized carbons (Fsp3) is 0.278. The SMILES string of the molecule is COC(=O)c1cccc(NCc2ccc(C)cc2C)c1C. The van der Waals surface area contributed by atoms with Crippen molar-refractivity contribution >= 4 is 11.7 Å². The Hall–Kier alpha value is -2.29. The number of carbonyl (C=O) groups excluding carboxylic acids is 1. The van der Waals surface area contributed by atoms with Gasteiger partial charge in [0.1, 0.15) is 0 Å². The maximum atomic E-state index is 11.7. The van der Waals surface area contributed by atoms with Gasteiger partial charge in [-0.2, -0.15) is 0 Å². The topological polar surface area (TPSA) is 38.3 Å². The number of benzene rings is 2. The number of hydrogen-bond donors (Lipinski definition) is 1. The molecule has 2 rings (SSSR count). The van der Waals surface area contributed by atoms with Crippen LogP contribution in [0, 0.1) is 20.8 Å². The molecular weight excluding hydrogens is 262 g/mol. The third kappa shape index (κ3) is 3.43. The monoisotopic (exact) mass is 283 g/mol. The van der Waals surface area contributed by atoms with Crippen molar-refractivity contribution in [1.82, 2.24) is 0 Å². The van der Waals surface area contributed by atoms with Crippen molar-refractivity contribution in [1.29, 1.82) is 0 Å². The standard InChI is InChI=1S/C18H21NO2/c1-12-8-9-15(13(2)10-12)11-19-17-7-5-6-16(14(17)3)18(20)21-4/h5-10,19H,11H2,1-4H3. The first-order valence-electron chi connectivity index (χ1n) is 7.01. The lowest BCUT2D eigenvalue weighted by Gasteiger charge is -2.14. The summed E-state index contributed by atoms with van der Waals surface area (Å²) in [5, 5.41) is 3.40. The van der Waals surface area contributed by atoms with Crippen LogP contribution in [0.1, 0.15) is 32.6 Å². The van der Waals surface area contributed by atoms with Crippen LogP contribution in [0.5, 0.6) is 0 Å². The minimum Gasteiger partial charge on any atom is -0.465 e. The van der Waals surface area contributed by atoms with E-state index in [1.807, 2.05) is 19.1 Å². The van der Waals surface area contributed by atoms with E-state index in [-0.39, 0.29) is 5.97 Å². The number of hydrogen-bond acceptors (Lipinski definition) is 3. The van der Waals surface area contributed by atoms with Gasteiger partial charge in [0, 0.05) is 12.2 Å². The second-order valence-electron chi connectivity index (χ2n) is 5.25. The van der Waals surface area contributed by atoms with E-state index >= 15 is 0 Å². The lowest BCUT2D eigenvalue weighted by molar-refractivity contribution is 0.0600. The maximum Gasteiger partial charge on any atom is 0.338 e. The number of rotatable bonds is 4. The predicted molar refractivity (Wildman–Crippen MR) is 85.8 cm³/mol. The molecule has 0 aromatic heterocycles. The molecule has 3 nitrogen and oxygen atoms in total. The summed E-state index contributed by atoms with van der Waals surface area (Å²) in [6, 6.07) is 12.0. The third-order valence-electron chi connectivity index (χ3n) is 3.71. The zero-order valence-corrected chi connectivity index (χ0v) is 13.0. The van der Waals surface area contributed by atoms with Gasteiger partial charge in [0.05, 0.1) is 12.7 Å². The molecule has 0 radical (unpaired) electrons. The van der Waals surface area contributed by atoms with E-state index in [0.717, 1.165) is 17.8 Å². The highest BCUT2D eigenvalue weighted by Gasteiger charge is 2.11. The second-order valence-corrected chi connectivity index (χ2v) is 5.25. The van der Waals surface area contributed by atoms with Crippen LogP contribution < -0.4 is 5.32 Å². The summed E-state index contributed by atoms with van der Waals surface area (Å²) in [6.07, 6.45) is 0. The molecule has 3 heteroatoms. The molecule has 0 unspecified atom stereocenters. The zero-order valence-electron chi connectivity index (χ0n) is 13.0. The van der Waals surface area contributed by atoms with E-state index < -0.39 is 0 Å². The van der Waals surface area contributed by atoms with Crippen molar-refractivity contribution in [2.75, 3.05) is 12.4 Å². The van der Waals surface area contributed by atoms with Gasteiger partial charge in [-0.3, -0.25) is 0 Å². The first-order chi connectivity index (χ1) is 10.0. The van der Waals surface area contributed by atoms with Gasteiger partial charge in [-0.1, -0.05) is 29.8 Å². The average molecular weight is 283 g/mol. The van der Waals surface area contributed by atoms with E-state index in [9.17, 15) is 4.79 Å². The van der Waals surface area contributed by atoms with Crippen LogP contribution in [-0.2, 0) is 11.3 Å². The quantitative estimate of drug-likeness (QED) is 0.862. The summed E-state index contributed by atoms with van der Waals surface area (Å²) < 4.78 is 4.80. The van der Waals surface area contributed by atoms with Crippen LogP contribution in [0.25, 0.3) is 0 Å². The fourth-order valence-corrected chi connectivity index (χ4v) is 2.39. The number of nitrogens with one attached hydrogen (secondary N) is 1. The van der Waals surface area contributed by atoms with Crippen LogP contribution in [0.3, 0.4) is 0 Å². The van der Waals surface area contributed by atoms with Crippen molar-refractivity contribution in [3.05, 3.63) is 64.2 Å². The molecule has 0 aliphatic heterocycles. The van der Waals surface area contributed by atoms with Gasteiger partial charge in [-0.25, -0.2) is 4.79 Å². The molecule has 0 heterocycles. The lowest BCUT2D eigenvalue weighted by atomic mass is 10.0. The third-order valence-corrected chi connectivity index (χ3v) is 3.71. The van der Waals surface area contributed by atoms with Gasteiger partial charge in [0.15, 0.2) is 0 Å². The van der Waals surface area contributed by atoms with Gasteiger partial charge in [0.2, 0.25) is 0 Å². The minimum absolute atomic E-state index is 0.303. The number of ether oxygens (including phenoxy) is 1. The van der Waals surface area contributed by atoms with Crippen molar-refractivity contribution in [3.8, 4) is 0 Å². The highest BCUT2D eigenvalue weighted by Crippen LogP contribution is 2.21. The summed E-state index contributed by atoms with van der Waals surface area (Å²) in [6.45, 7) is 6.87. The number of methoxy groups -OCH3 is 1. The van der Waals surface area contributed by atoms with Crippen LogP contribution in [0.4, 0.5) is 5.69 Å². The van der Waals surface area contributed by atoms with Gasteiger partial charge in [-0.15, -0.1) is 0 Å². The van der Waals surface area contributed by atoms with Gasteiger partial charge in [0.25, 0.3) is 0 Å². The summed E-state index contributed by atoms with van der Waals surface area (Å²) in [7, 11) is 1.40. The van der Waals surface area contributed by atoms with Gasteiger partial charge >= 0.3 is 5.97 Å². The summed E-state index contributed by atoms with van der Waals surface area (Å²) in [5.74, 6) is -0.303. The Morgan fingerprint density at radius 1 is 1.14 bits per heavy atom. The Labute approximate surface area is 126 Å². The smallest absolute Gasteiger partial charge is 0.338 e. The van der Waals surface area contributed by atoms with Crippen molar-refractivity contribution in [2.24, 2.45) is 0 Å². The van der Waals surface area contributed by atoms with E-state index in [2.05, 4.69) is 37.4 Å². The summed E-state index contributed by atoms with van der Waals surface area (Å²) in [4.78, 5) is 11.7. The maximum absolute atomic E-state index is 11.7. The average Bonchev–Trinajstić information content (AvgIpc) is 2.47. The van der Waals surface area contributed by atoms with E-state index in [1.165, 1.54) is 23.8 Å². The fourth-order valence-electron chi connectivity index (χ4n) is 2.39. The summed E-state index contributed by atoms with van der Waals surface area (Å²) >= 11 is 0. The molecule has 0 atom stereocenters. The van der Waals surface area contributed by atoms with Crippen molar-refractivity contribution < 1.29 is 9.53 Å². The molecule has 21 heavy (non-hydrogen) atoms. The Balaban J connectivity index is 2.18. The highest BCUT2D eigenvalue weighted by molar-refractivity contribution is 5.92. The predicted octanol–water partition coefficient (Wildman–Crippen LogP) is 4.01. The Morgan fingerprint density at radius 3 is 2.57 bits per heavy atom. The number of aryl methyl sites for hydroxylation is 2. The lowest BCUT2D eigenvalue weighted by Crippen LogP contribution is -2.08. The van der Waals surface area contributed by atoms with Crippen LogP contribution in [0.15, 0.2) is 36.4 Å². The first kappa shape index (κ1) is 15.1. The van der Waals surface area contributed by atoms with Crippen molar-refractivity contribution in [2.45, 2.75) is 27.3 Å². The molecule has 0 spiro atoms. The minimum atomic E-state index is -0.303. The number of carbonyl (C=O) groups is 1. The summed E-state index contributed by atoms with van der Waals surface area (Å²) in [5.41, 5.74) is 6.25. The Morgan fingerprint density at radius 2 is 1.90 bits per heavy atom. The number of anilines is 1. The molecule has 2 aromatic carbocycles. The van der Waals surface area contributed by atoms with E-state index in [0.29, 0.717) is 5.56 Å². The van der Waals surface area contributed by atoms with E-state index in [1.54, 1.807) is 6.07 Å². The largest absolute Gasteiger partial charge is 0.465 e. The molecule has 0 aliphatic rings. The zero-order chi connectivity index (χ0) is 15.4.